The molecule has 0 amide bonds. The Morgan fingerprint density at radius 2 is 2.18 bits per heavy atom. The van der Waals surface area contributed by atoms with Crippen molar-refractivity contribution < 1.29 is 4.74 Å². The SMILES string of the molecule is CC1CN(c2ccc(CNc3ccc(Br)cn3)cn2)CCO1. The smallest absolute Gasteiger partial charge is 0.128 e. The van der Waals surface area contributed by atoms with E-state index in [1.807, 2.05) is 18.3 Å². The Hall–Kier alpha value is -1.66. The minimum absolute atomic E-state index is 0.264. The summed E-state index contributed by atoms with van der Waals surface area (Å²) < 4.78 is 6.54. The van der Waals surface area contributed by atoms with Crippen LogP contribution in [0.5, 0.6) is 0 Å². The largest absolute Gasteiger partial charge is 0.375 e. The fraction of sp³-hybridized carbons (Fsp3) is 0.375. The van der Waals surface area contributed by atoms with E-state index >= 15 is 0 Å². The molecule has 0 bridgehead atoms. The van der Waals surface area contributed by atoms with Crippen LogP contribution in [-0.2, 0) is 11.3 Å². The first-order valence-corrected chi connectivity index (χ1v) is 8.17. The van der Waals surface area contributed by atoms with E-state index < -0.39 is 0 Å². The first-order valence-electron chi connectivity index (χ1n) is 7.37. The van der Waals surface area contributed by atoms with Gasteiger partial charge in [0.15, 0.2) is 0 Å². The number of morpholine rings is 1. The second-order valence-corrected chi connectivity index (χ2v) is 6.28. The Morgan fingerprint density at radius 3 is 2.86 bits per heavy atom. The summed E-state index contributed by atoms with van der Waals surface area (Å²) in [7, 11) is 0. The molecule has 1 unspecified atom stereocenters. The van der Waals surface area contributed by atoms with E-state index in [1.165, 1.54) is 0 Å². The summed E-state index contributed by atoms with van der Waals surface area (Å²) in [6.07, 6.45) is 3.96. The van der Waals surface area contributed by atoms with Crippen molar-refractivity contribution in [2.24, 2.45) is 0 Å². The molecule has 1 saturated heterocycles. The molecule has 0 spiro atoms. The number of pyridine rings is 2. The number of anilines is 2. The molecule has 1 atom stereocenters. The van der Waals surface area contributed by atoms with E-state index in [9.17, 15) is 0 Å². The normalized spacial score (nSPS) is 18.3. The summed E-state index contributed by atoms with van der Waals surface area (Å²) in [6, 6.07) is 8.09. The zero-order chi connectivity index (χ0) is 15.4. The quantitative estimate of drug-likeness (QED) is 0.905. The Morgan fingerprint density at radius 1 is 1.27 bits per heavy atom. The van der Waals surface area contributed by atoms with Gasteiger partial charge in [-0.2, -0.15) is 0 Å². The van der Waals surface area contributed by atoms with Gasteiger partial charge in [0.25, 0.3) is 0 Å². The number of nitrogens with one attached hydrogen (secondary N) is 1. The molecule has 1 aliphatic heterocycles. The number of nitrogens with zero attached hydrogens (tertiary/aromatic N) is 3. The molecule has 1 aliphatic rings. The third-order valence-corrected chi connectivity index (χ3v) is 4.04. The summed E-state index contributed by atoms with van der Waals surface area (Å²) in [5.74, 6) is 1.87. The predicted molar refractivity (Wildman–Crippen MR) is 91.1 cm³/mol. The van der Waals surface area contributed by atoms with Gasteiger partial charge in [-0.1, -0.05) is 6.07 Å². The van der Waals surface area contributed by atoms with Crippen LogP contribution in [0.25, 0.3) is 0 Å². The molecule has 0 aliphatic carbocycles. The highest BCUT2D eigenvalue weighted by molar-refractivity contribution is 9.10. The molecule has 0 radical (unpaired) electrons. The van der Waals surface area contributed by atoms with Crippen molar-refractivity contribution in [2.75, 3.05) is 29.9 Å². The van der Waals surface area contributed by atoms with Gasteiger partial charge in [-0.15, -0.1) is 0 Å². The van der Waals surface area contributed by atoms with E-state index in [2.05, 4.69) is 55.2 Å². The summed E-state index contributed by atoms with van der Waals surface area (Å²) in [4.78, 5) is 11.1. The Labute approximate surface area is 138 Å². The lowest BCUT2D eigenvalue weighted by Crippen LogP contribution is -2.41. The molecule has 0 saturated carbocycles. The molecule has 3 rings (SSSR count). The van der Waals surface area contributed by atoms with E-state index in [1.54, 1.807) is 6.20 Å². The number of hydrogen-bond acceptors (Lipinski definition) is 5. The third kappa shape index (κ3) is 3.96. The lowest BCUT2D eigenvalue weighted by atomic mass is 10.2. The van der Waals surface area contributed by atoms with Crippen LogP contribution in [-0.4, -0.2) is 35.8 Å². The van der Waals surface area contributed by atoms with Crippen LogP contribution in [0.15, 0.2) is 41.1 Å². The van der Waals surface area contributed by atoms with Crippen molar-refractivity contribution >= 4 is 27.6 Å². The maximum absolute atomic E-state index is 5.56. The van der Waals surface area contributed by atoms with Gasteiger partial charge in [-0.05, 0) is 46.6 Å². The highest BCUT2D eigenvalue weighted by Gasteiger charge is 2.17. The standard InChI is InChI=1S/C16H19BrN4O/c1-12-11-21(6-7-22-12)16-5-2-13(9-20-16)8-18-15-4-3-14(17)10-19-15/h2-5,9-10,12H,6-8,11H2,1H3,(H,18,19). The van der Waals surface area contributed by atoms with Crippen molar-refractivity contribution in [1.29, 1.82) is 0 Å². The summed E-state index contributed by atoms with van der Waals surface area (Å²) in [5, 5.41) is 3.29. The van der Waals surface area contributed by atoms with Gasteiger partial charge >= 0.3 is 0 Å². The minimum atomic E-state index is 0.264. The molecule has 3 heterocycles. The molecule has 2 aromatic heterocycles. The monoisotopic (exact) mass is 362 g/mol. The predicted octanol–water partition coefficient (Wildman–Crippen LogP) is 3.08. The second-order valence-electron chi connectivity index (χ2n) is 5.37. The van der Waals surface area contributed by atoms with E-state index in [-0.39, 0.29) is 6.10 Å². The summed E-state index contributed by atoms with van der Waals surface area (Å²) in [5.41, 5.74) is 1.13. The van der Waals surface area contributed by atoms with Gasteiger partial charge < -0.3 is 15.0 Å². The van der Waals surface area contributed by atoms with E-state index in [0.717, 1.165) is 41.4 Å². The van der Waals surface area contributed by atoms with Crippen molar-refractivity contribution in [3.63, 3.8) is 0 Å². The molecule has 116 valence electrons. The van der Waals surface area contributed by atoms with Crippen molar-refractivity contribution in [2.45, 2.75) is 19.6 Å². The highest BCUT2D eigenvalue weighted by Crippen LogP contribution is 2.16. The van der Waals surface area contributed by atoms with E-state index in [0.29, 0.717) is 6.54 Å². The number of ether oxygens (including phenoxy) is 1. The zero-order valence-electron chi connectivity index (χ0n) is 12.5. The lowest BCUT2D eigenvalue weighted by Gasteiger charge is -2.32. The Bertz CT molecular complexity index is 603. The van der Waals surface area contributed by atoms with Gasteiger partial charge in [0.1, 0.15) is 11.6 Å². The maximum Gasteiger partial charge on any atom is 0.128 e. The molecule has 0 aromatic carbocycles. The lowest BCUT2D eigenvalue weighted by molar-refractivity contribution is 0.0529. The summed E-state index contributed by atoms with van der Waals surface area (Å²) >= 11 is 3.38. The Kier molecular flexibility index (Phi) is 4.90. The maximum atomic E-state index is 5.56. The van der Waals surface area contributed by atoms with Crippen molar-refractivity contribution in [3.8, 4) is 0 Å². The van der Waals surface area contributed by atoms with Gasteiger partial charge in [0.05, 0.1) is 12.7 Å². The molecule has 5 nitrogen and oxygen atoms in total. The van der Waals surface area contributed by atoms with Gasteiger partial charge in [-0.3, -0.25) is 0 Å². The average Bonchev–Trinajstić information content (AvgIpc) is 2.55. The fourth-order valence-electron chi connectivity index (χ4n) is 2.41. The average molecular weight is 363 g/mol. The molecule has 2 aromatic rings. The molecular weight excluding hydrogens is 344 g/mol. The van der Waals surface area contributed by atoms with Crippen molar-refractivity contribution in [1.82, 2.24) is 9.97 Å². The van der Waals surface area contributed by atoms with Crippen molar-refractivity contribution in [3.05, 3.63) is 46.7 Å². The molecule has 22 heavy (non-hydrogen) atoms. The van der Waals surface area contributed by atoms with Crippen LogP contribution >= 0.6 is 15.9 Å². The van der Waals surface area contributed by atoms with Crippen LogP contribution in [0.3, 0.4) is 0 Å². The van der Waals surface area contributed by atoms with Crippen LogP contribution < -0.4 is 10.2 Å². The number of rotatable bonds is 4. The van der Waals surface area contributed by atoms with Crippen LogP contribution in [0.1, 0.15) is 12.5 Å². The van der Waals surface area contributed by atoms with Gasteiger partial charge in [-0.25, -0.2) is 9.97 Å². The van der Waals surface area contributed by atoms with Gasteiger partial charge in [0, 0.05) is 36.5 Å². The zero-order valence-corrected chi connectivity index (χ0v) is 14.1. The molecule has 1 fully saturated rings. The molecular formula is C16H19BrN4O. The number of halogens is 1. The van der Waals surface area contributed by atoms with Crippen LogP contribution in [0.2, 0.25) is 0 Å². The Balaban J connectivity index is 1.58. The molecule has 6 heteroatoms. The van der Waals surface area contributed by atoms with Gasteiger partial charge in [0.2, 0.25) is 0 Å². The minimum Gasteiger partial charge on any atom is -0.375 e. The number of hydrogen-bond donors (Lipinski definition) is 1. The number of aromatic nitrogens is 2. The topological polar surface area (TPSA) is 50.3 Å². The van der Waals surface area contributed by atoms with E-state index in [4.69, 9.17) is 4.74 Å². The fourth-order valence-corrected chi connectivity index (χ4v) is 2.64. The first kappa shape index (κ1) is 15.2. The second kappa shape index (κ2) is 7.07. The van der Waals surface area contributed by atoms with Crippen LogP contribution in [0.4, 0.5) is 11.6 Å². The first-order chi connectivity index (χ1) is 10.7. The van der Waals surface area contributed by atoms with Crippen LogP contribution in [0, 0.1) is 0 Å². The third-order valence-electron chi connectivity index (χ3n) is 3.58. The summed E-state index contributed by atoms with van der Waals surface area (Å²) in [6.45, 7) is 5.36. The highest BCUT2D eigenvalue weighted by atomic mass is 79.9. The molecule has 1 N–H and O–H groups in total.